The second-order valence-electron chi connectivity index (χ2n) is 7.56. The van der Waals surface area contributed by atoms with Crippen LogP contribution in [0.2, 0.25) is 0 Å². The summed E-state index contributed by atoms with van der Waals surface area (Å²) in [5.41, 5.74) is 1.22. The average molecular weight is 494 g/mol. The Hall–Kier alpha value is -3.97. The van der Waals surface area contributed by atoms with Gasteiger partial charge in [0.05, 0.1) is 18.9 Å². The molecule has 14 heteroatoms. The first-order valence-electron chi connectivity index (χ1n) is 10.9. The van der Waals surface area contributed by atoms with Gasteiger partial charge < -0.3 is 15.4 Å². The number of unbranched alkanes of at least 4 members (excludes halogenated alkanes) is 1. The van der Waals surface area contributed by atoms with E-state index in [-0.39, 0.29) is 23.9 Å². The molecule has 0 saturated heterocycles. The molecule has 35 heavy (non-hydrogen) atoms. The molecule has 3 aromatic rings. The van der Waals surface area contributed by atoms with Gasteiger partial charge in [0.2, 0.25) is 5.91 Å². The maximum Gasteiger partial charge on any atom is 0.573 e. The topological polar surface area (TPSA) is 129 Å². The molecule has 188 valence electrons. The lowest BCUT2D eigenvalue weighted by molar-refractivity contribution is -0.274. The van der Waals surface area contributed by atoms with Crippen LogP contribution in [-0.4, -0.2) is 48.2 Å². The van der Waals surface area contributed by atoms with Crippen molar-refractivity contribution in [3.05, 3.63) is 53.6 Å². The zero-order valence-corrected chi connectivity index (χ0v) is 19.0. The first kappa shape index (κ1) is 25.6. The number of rotatable bonds is 12. The zero-order valence-electron chi connectivity index (χ0n) is 19.0. The average Bonchev–Trinajstić information content (AvgIpc) is 3.47. The maximum absolute atomic E-state index is 12.3. The molecule has 0 aliphatic heterocycles. The highest BCUT2D eigenvalue weighted by molar-refractivity contribution is 5.91. The molecule has 0 saturated carbocycles. The minimum absolute atomic E-state index is 0.00275. The molecular formula is C21H25F3N8O3. The number of benzene rings is 1. The van der Waals surface area contributed by atoms with Crippen molar-refractivity contribution >= 4 is 11.8 Å². The number of aryl methyl sites for hydroxylation is 2. The van der Waals surface area contributed by atoms with E-state index in [1.165, 1.54) is 24.4 Å². The van der Waals surface area contributed by atoms with E-state index >= 15 is 0 Å². The molecule has 2 amide bonds. The number of carbonyl (C=O) groups is 2. The van der Waals surface area contributed by atoms with Crippen LogP contribution in [0.3, 0.4) is 0 Å². The first-order valence-corrected chi connectivity index (χ1v) is 10.9. The minimum Gasteiger partial charge on any atom is -0.406 e. The molecular weight excluding hydrogens is 469 g/mol. The van der Waals surface area contributed by atoms with Crippen LogP contribution in [0.1, 0.15) is 47.9 Å². The summed E-state index contributed by atoms with van der Waals surface area (Å²) in [6.45, 7) is 3.28. The van der Waals surface area contributed by atoms with Gasteiger partial charge >= 0.3 is 6.36 Å². The van der Waals surface area contributed by atoms with Crippen LogP contribution in [0.5, 0.6) is 5.75 Å². The van der Waals surface area contributed by atoms with E-state index in [1.807, 2.05) is 0 Å². The molecule has 0 unspecified atom stereocenters. The molecule has 2 aromatic heterocycles. The number of carbonyl (C=O) groups excluding carboxylic acids is 2. The van der Waals surface area contributed by atoms with E-state index in [0.29, 0.717) is 37.3 Å². The van der Waals surface area contributed by atoms with Crippen LogP contribution in [0.4, 0.5) is 13.2 Å². The van der Waals surface area contributed by atoms with Gasteiger partial charge in [0.15, 0.2) is 5.69 Å². The third-order valence-corrected chi connectivity index (χ3v) is 4.75. The SMILES string of the molecule is CCC(=O)NCc1cn(CCCCn2cc(C(=O)NCc3cccc(OC(F)(F)F)c3)nn2)nn1. The molecule has 0 spiro atoms. The van der Waals surface area contributed by atoms with Gasteiger partial charge in [-0.1, -0.05) is 29.5 Å². The molecule has 2 N–H and O–H groups in total. The maximum atomic E-state index is 12.3. The number of halogens is 3. The Labute approximate surface area is 198 Å². The van der Waals surface area contributed by atoms with Crippen molar-refractivity contribution in [3.8, 4) is 5.75 Å². The number of hydrogen-bond donors (Lipinski definition) is 2. The lowest BCUT2D eigenvalue weighted by Crippen LogP contribution is -2.23. The number of aromatic nitrogens is 6. The van der Waals surface area contributed by atoms with Gasteiger partial charge in [0.25, 0.3) is 5.91 Å². The van der Waals surface area contributed by atoms with Crippen LogP contribution >= 0.6 is 0 Å². The predicted octanol–water partition coefficient (Wildman–Crippen LogP) is 2.20. The Morgan fingerprint density at radius 2 is 1.71 bits per heavy atom. The Morgan fingerprint density at radius 3 is 2.43 bits per heavy atom. The fourth-order valence-corrected chi connectivity index (χ4v) is 3.03. The Morgan fingerprint density at radius 1 is 1.00 bits per heavy atom. The van der Waals surface area contributed by atoms with Gasteiger partial charge in [-0.15, -0.1) is 23.4 Å². The number of alkyl halides is 3. The van der Waals surface area contributed by atoms with Crippen molar-refractivity contribution in [1.29, 1.82) is 0 Å². The largest absolute Gasteiger partial charge is 0.573 e. The summed E-state index contributed by atoms with van der Waals surface area (Å²) >= 11 is 0. The van der Waals surface area contributed by atoms with Crippen LogP contribution in [0, 0.1) is 0 Å². The van der Waals surface area contributed by atoms with Gasteiger partial charge in [0, 0.05) is 26.1 Å². The second kappa shape index (κ2) is 11.9. The molecule has 3 rings (SSSR count). The number of amides is 2. The second-order valence-corrected chi connectivity index (χ2v) is 7.56. The molecule has 0 fully saturated rings. The van der Waals surface area contributed by atoms with Crippen LogP contribution in [-0.2, 0) is 31.0 Å². The van der Waals surface area contributed by atoms with Gasteiger partial charge in [-0.25, -0.2) is 0 Å². The highest BCUT2D eigenvalue weighted by Crippen LogP contribution is 2.23. The number of ether oxygens (including phenoxy) is 1. The van der Waals surface area contributed by atoms with Crippen molar-refractivity contribution in [2.75, 3.05) is 0 Å². The van der Waals surface area contributed by atoms with Crippen LogP contribution in [0.15, 0.2) is 36.7 Å². The number of nitrogens with one attached hydrogen (secondary N) is 2. The highest BCUT2D eigenvalue weighted by atomic mass is 19.4. The van der Waals surface area contributed by atoms with Crippen molar-refractivity contribution < 1.29 is 27.5 Å². The van der Waals surface area contributed by atoms with Crippen molar-refractivity contribution in [3.63, 3.8) is 0 Å². The molecule has 0 bridgehead atoms. The highest BCUT2D eigenvalue weighted by Gasteiger charge is 2.31. The predicted molar refractivity (Wildman–Crippen MR) is 116 cm³/mol. The van der Waals surface area contributed by atoms with Crippen molar-refractivity contribution in [1.82, 2.24) is 40.6 Å². The summed E-state index contributed by atoms with van der Waals surface area (Å²) in [6.07, 6.45) is 0.432. The lowest BCUT2D eigenvalue weighted by Gasteiger charge is -2.10. The summed E-state index contributed by atoms with van der Waals surface area (Å²) in [7, 11) is 0. The van der Waals surface area contributed by atoms with Crippen LogP contribution in [0.25, 0.3) is 0 Å². The van der Waals surface area contributed by atoms with Crippen LogP contribution < -0.4 is 15.4 Å². The summed E-state index contributed by atoms with van der Waals surface area (Å²) in [5, 5.41) is 21.1. The third kappa shape index (κ3) is 8.72. The third-order valence-electron chi connectivity index (χ3n) is 4.75. The molecule has 1 aromatic carbocycles. The van der Waals surface area contributed by atoms with E-state index < -0.39 is 12.3 Å². The standard InChI is InChI=1S/C21H25F3N8O3/c1-2-19(33)25-12-16-13-31(29-27-16)8-3-4-9-32-14-18(28-30-32)20(34)26-11-15-6-5-7-17(10-15)35-21(22,23)24/h5-7,10,13-14H,2-4,8-9,11-12H2,1H3,(H,25,33)(H,26,34). The van der Waals surface area contributed by atoms with E-state index in [0.717, 1.165) is 12.8 Å². The lowest BCUT2D eigenvalue weighted by atomic mass is 10.2. The van der Waals surface area contributed by atoms with Crippen molar-refractivity contribution in [2.45, 2.75) is 58.7 Å². The quantitative estimate of drug-likeness (QED) is 0.369. The van der Waals surface area contributed by atoms with Gasteiger partial charge in [0.1, 0.15) is 11.4 Å². The first-order chi connectivity index (χ1) is 16.7. The molecule has 0 atom stereocenters. The Bertz CT molecular complexity index is 1130. The summed E-state index contributed by atoms with van der Waals surface area (Å²) in [6, 6.07) is 5.35. The fourth-order valence-electron chi connectivity index (χ4n) is 3.03. The monoisotopic (exact) mass is 494 g/mol. The molecule has 0 aliphatic carbocycles. The number of nitrogens with zero attached hydrogens (tertiary/aromatic N) is 6. The van der Waals surface area contributed by atoms with E-state index in [2.05, 4.69) is 36.0 Å². The Kier molecular flexibility index (Phi) is 8.75. The molecule has 0 aliphatic rings. The number of hydrogen-bond acceptors (Lipinski definition) is 7. The fraction of sp³-hybridized carbons (Fsp3) is 0.429. The smallest absolute Gasteiger partial charge is 0.406 e. The van der Waals surface area contributed by atoms with E-state index in [1.54, 1.807) is 28.6 Å². The summed E-state index contributed by atoms with van der Waals surface area (Å²) < 4.78 is 44.1. The van der Waals surface area contributed by atoms with E-state index in [9.17, 15) is 22.8 Å². The minimum atomic E-state index is -4.79. The Balaban J connectivity index is 1.39. The normalized spacial score (nSPS) is 11.3. The zero-order chi connectivity index (χ0) is 25.3. The molecule has 11 nitrogen and oxygen atoms in total. The van der Waals surface area contributed by atoms with Crippen molar-refractivity contribution in [2.24, 2.45) is 0 Å². The summed E-state index contributed by atoms with van der Waals surface area (Å²) in [4.78, 5) is 23.6. The molecule has 0 radical (unpaired) electrons. The molecule has 2 heterocycles. The van der Waals surface area contributed by atoms with Gasteiger partial charge in [-0.3, -0.25) is 19.0 Å². The van der Waals surface area contributed by atoms with Gasteiger partial charge in [-0.05, 0) is 30.5 Å². The van der Waals surface area contributed by atoms with E-state index in [4.69, 9.17) is 0 Å². The summed E-state index contributed by atoms with van der Waals surface area (Å²) in [5.74, 6) is -0.908. The van der Waals surface area contributed by atoms with Gasteiger partial charge in [-0.2, -0.15) is 0 Å².